The highest BCUT2D eigenvalue weighted by atomic mass is 79.9. The van der Waals surface area contributed by atoms with Gasteiger partial charge in [-0.1, -0.05) is 22.0 Å². The predicted molar refractivity (Wildman–Crippen MR) is 90.3 cm³/mol. The minimum atomic E-state index is -0.119. The third-order valence-electron chi connectivity index (χ3n) is 3.77. The van der Waals surface area contributed by atoms with Crippen LogP contribution in [0.4, 0.5) is 0 Å². The van der Waals surface area contributed by atoms with Gasteiger partial charge in [-0.05, 0) is 44.0 Å². The Balaban J connectivity index is 0.00000220. The molecule has 0 spiro atoms. The summed E-state index contributed by atoms with van der Waals surface area (Å²) in [6, 6.07) is 5.65. The molecule has 0 aliphatic carbocycles. The number of nitrogens with one attached hydrogen (secondary N) is 2. The van der Waals surface area contributed by atoms with Crippen LogP contribution in [0.2, 0.25) is 0 Å². The van der Waals surface area contributed by atoms with Crippen LogP contribution in [0.1, 0.15) is 28.8 Å². The van der Waals surface area contributed by atoms with Gasteiger partial charge in [-0.2, -0.15) is 0 Å². The highest BCUT2D eigenvalue weighted by molar-refractivity contribution is 9.10. The van der Waals surface area contributed by atoms with Gasteiger partial charge in [0.2, 0.25) is 0 Å². The third-order valence-corrected chi connectivity index (χ3v) is 4.63. The maximum absolute atomic E-state index is 12.2. The topological polar surface area (TPSA) is 50.4 Å². The smallest absolute Gasteiger partial charge is 0.251 e. The van der Waals surface area contributed by atoms with Gasteiger partial charge in [-0.25, -0.2) is 0 Å². The zero-order valence-electron chi connectivity index (χ0n) is 12.4. The van der Waals surface area contributed by atoms with E-state index in [0.717, 1.165) is 29.4 Å². The van der Waals surface area contributed by atoms with Gasteiger partial charge in [0.1, 0.15) is 0 Å². The van der Waals surface area contributed by atoms with E-state index in [1.54, 1.807) is 7.11 Å². The van der Waals surface area contributed by atoms with E-state index in [9.17, 15) is 4.79 Å². The van der Waals surface area contributed by atoms with Crippen molar-refractivity contribution in [1.82, 2.24) is 10.6 Å². The minimum absolute atomic E-state index is 0. The summed E-state index contributed by atoms with van der Waals surface area (Å²) in [6.07, 6.45) is 2.15. The van der Waals surface area contributed by atoms with Crippen LogP contribution >= 0.6 is 28.3 Å². The Morgan fingerprint density at radius 3 is 2.86 bits per heavy atom. The lowest BCUT2D eigenvalue weighted by Gasteiger charge is -2.29. The normalized spacial score (nSPS) is 20.9. The third kappa shape index (κ3) is 4.68. The van der Waals surface area contributed by atoms with E-state index in [-0.39, 0.29) is 23.9 Å². The minimum Gasteiger partial charge on any atom is -0.383 e. The molecular formula is C15H22BrClN2O2. The second kappa shape index (κ2) is 8.13. The summed E-state index contributed by atoms with van der Waals surface area (Å²) >= 11 is 3.45. The number of aryl methyl sites for hydroxylation is 1. The Bertz CT molecular complexity index is 491. The van der Waals surface area contributed by atoms with Gasteiger partial charge in [0.05, 0.1) is 12.1 Å². The molecule has 1 aromatic rings. The predicted octanol–water partition coefficient (Wildman–Crippen LogP) is 2.68. The highest BCUT2D eigenvalue weighted by Crippen LogP contribution is 2.20. The average molecular weight is 378 g/mol. The van der Waals surface area contributed by atoms with Crippen molar-refractivity contribution in [2.75, 3.05) is 26.8 Å². The zero-order chi connectivity index (χ0) is 14.6. The van der Waals surface area contributed by atoms with Crippen molar-refractivity contribution in [3.8, 4) is 0 Å². The van der Waals surface area contributed by atoms with Gasteiger partial charge >= 0.3 is 0 Å². The van der Waals surface area contributed by atoms with Crippen molar-refractivity contribution >= 4 is 34.2 Å². The molecule has 1 saturated heterocycles. The molecule has 1 aromatic carbocycles. The number of hydrogen-bond donors (Lipinski definition) is 2. The molecule has 4 nitrogen and oxygen atoms in total. The van der Waals surface area contributed by atoms with Crippen LogP contribution in [0.5, 0.6) is 0 Å². The molecule has 1 fully saturated rings. The molecule has 0 aromatic heterocycles. The van der Waals surface area contributed by atoms with Crippen molar-refractivity contribution in [2.24, 2.45) is 0 Å². The summed E-state index contributed by atoms with van der Waals surface area (Å²) in [5.41, 5.74) is 1.68. The second-order valence-electron chi connectivity index (χ2n) is 5.39. The Labute approximate surface area is 140 Å². The molecule has 2 rings (SSSR count). The first kappa shape index (κ1) is 18.4. The van der Waals surface area contributed by atoms with Gasteiger partial charge in [0.25, 0.3) is 5.91 Å². The Hall–Kier alpha value is -0.620. The van der Waals surface area contributed by atoms with E-state index >= 15 is 0 Å². The van der Waals surface area contributed by atoms with Crippen molar-refractivity contribution in [3.63, 3.8) is 0 Å². The lowest BCUT2D eigenvalue weighted by molar-refractivity contribution is 0.0892. The number of ether oxygens (including phenoxy) is 1. The number of carbonyl (C=O) groups excluding carboxylic acids is 1. The van der Waals surface area contributed by atoms with Gasteiger partial charge in [0, 0.05) is 23.7 Å². The molecule has 0 radical (unpaired) electrons. The van der Waals surface area contributed by atoms with Crippen molar-refractivity contribution < 1.29 is 9.53 Å². The molecule has 6 heteroatoms. The molecule has 1 aliphatic rings. The number of benzene rings is 1. The maximum Gasteiger partial charge on any atom is 0.251 e. The second-order valence-corrected chi connectivity index (χ2v) is 6.24. The quantitative estimate of drug-likeness (QED) is 0.829. The summed E-state index contributed by atoms with van der Waals surface area (Å²) in [4.78, 5) is 12.2. The fourth-order valence-electron chi connectivity index (χ4n) is 2.56. The van der Waals surface area contributed by atoms with E-state index in [1.807, 2.05) is 25.1 Å². The Morgan fingerprint density at radius 1 is 1.52 bits per heavy atom. The van der Waals surface area contributed by atoms with Crippen LogP contribution < -0.4 is 10.6 Å². The zero-order valence-corrected chi connectivity index (χ0v) is 14.8. The SMILES string of the molecule is COCC1(CNC(=O)c2ccc(C)c(Br)c2)CCCN1.Cl. The van der Waals surface area contributed by atoms with E-state index in [0.29, 0.717) is 18.7 Å². The summed E-state index contributed by atoms with van der Waals surface area (Å²) in [6.45, 7) is 4.19. The number of halogens is 2. The van der Waals surface area contributed by atoms with E-state index in [1.165, 1.54) is 0 Å². The lowest BCUT2D eigenvalue weighted by Crippen LogP contribution is -2.53. The van der Waals surface area contributed by atoms with Gasteiger partial charge < -0.3 is 15.4 Å². The molecule has 1 aliphatic heterocycles. The van der Waals surface area contributed by atoms with Crippen LogP contribution in [-0.4, -0.2) is 38.3 Å². The molecule has 118 valence electrons. The maximum atomic E-state index is 12.2. The van der Waals surface area contributed by atoms with Gasteiger partial charge in [-0.15, -0.1) is 12.4 Å². The summed E-state index contributed by atoms with van der Waals surface area (Å²) in [5, 5.41) is 6.46. The standard InChI is InChI=1S/C15H21BrN2O2.ClH/c1-11-4-5-12(8-13(11)16)14(19)17-9-15(10-20-2)6-3-7-18-15;/h4-5,8,18H,3,6-7,9-10H2,1-2H3,(H,17,19);1H. The van der Waals surface area contributed by atoms with Crippen LogP contribution in [-0.2, 0) is 4.74 Å². The van der Waals surface area contributed by atoms with Crippen molar-refractivity contribution in [3.05, 3.63) is 33.8 Å². The van der Waals surface area contributed by atoms with Gasteiger partial charge in [-0.3, -0.25) is 4.79 Å². The number of hydrogen-bond acceptors (Lipinski definition) is 3. The largest absolute Gasteiger partial charge is 0.383 e. The number of amides is 1. The molecule has 1 heterocycles. The molecule has 21 heavy (non-hydrogen) atoms. The first-order valence-electron chi connectivity index (χ1n) is 6.85. The van der Waals surface area contributed by atoms with Crippen molar-refractivity contribution in [1.29, 1.82) is 0 Å². The Morgan fingerprint density at radius 2 is 2.29 bits per heavy atom. The first-order chi connectivity index (χ1) is 9.56. The molecule has 0 saturated carbocycles. The fourth-order valence-corrected chi connectivity index (χ4v) is 2.93. The molecule has 2 N–H and O–H groups in total. The fraction of sp³-hybridized carbons (Fsp3) is 0.533. The monoisotopic (exact) mass is 376 g/mol. The van der Waals surface area contributed by atoms with Crippen LogP contribution in [0.3, 0.4) is 0 Å². The number of methoxy groups -OCH3 is 1. The van der Waals surface area contributed by atoms with E-state index in [4.69, 9.17) is 4.74 Å². The summed E-state index contributed by atoms with van der Waals surface area (Å²) < 4.78 is 6.24. The summed E-state index contributed by atoms with van der Waals surface area (Å²) in [5.74, 6) is -0.0464. The highest BCUT2D eigenvalue weighted by Gasteiger charge is 2.33. The van der Waals surface area contributed by atoms with Crippen LogP contribution in [0, 0.1) is 6.92 Å². The molecule has 1 amide bonds. The van der Waals surface area contributed by atoms with E-state index < -0.39 is 0 Å². The van der Waals surface area contributed by atoms with Crippen LogP contribution in [0.15, 0.2) is 22.7 Å². The number of carbonyl (C=O) groups is 1. The van der Waals surface area contributed by atoms with Crippen molar-refractivity contribution in [2.45, 2.75) is 25.3 Å². The van der Waals surface area contributed by atoms with Crippen LogP contribution in [0.25, 0.3) is 0 Å². The average Bonchev–Trinajstić information content (AvgIpc) is 2.89. The lowest BCUT2D eigenvalue weighted by atomic mass is 9.98. The molecule has 1 atom stereocenters. The Kier molecular flexibility index (Phi) is 7.13. The molecule has 0 bridgehead atoms. The summed E-state index contributed by atoms with van der Waals surface area (Å²) in [7, 11) is 1.70. The molecular weight excluding hydrogens is 356 g/mol. The number of rotatable bonds is 5. The van der Waals surface area contributed by atoms with Gasteiger partial charge in [0.15, 0.2) is 0 Å². The first-order valence-corrected chi connectivity index (χ1v) is 7.64. The molecule has 1 unspecified atom stereocenters. The van der Waals surface area contributed by atoms with E-state index in [2.05, 4.69) is 26.6 Å².